The van der Waals surface area contributed by atoms with E-state index in [1.807, 2.05) is 27.7 Å². The number of amides is 1. The summed E-state index contributed by atoms with van der Waals surface area (Å²) in [5.41, 5.74) is 4.59. The second-order valence-corrected chi connectivity index (χ2v) is 5.95. The van der Waals surface area contributed by atoms with E-state index in [-0.39, 0.29) is 11.5 Å². The van der Waals surface area contributed by atoms with Crippen LogP contribution in [0.15, 0.2) is 0 Å². The summed E-state index contributed by atoms with van der Waals surface area (Å²) in [5, 5.41) is 3.17. The van der Waals surface area contributed by atoms with Crippen molar-refractivity contribution in [1.82, 2.24) is 5.32 Å². The summed E-state index contributed by atoms with van der Waals surface area (Å²) in [6.45, 7) is 12.2. The van der Waals surface area contributed by atoms with Crippen LogP contribution in [0.25, 0.3) is 0 Å². The van der Waals surface area contributed by atoms with E-state index in [0.717, 1.165) is 13.0 Å². The van der Waals surface area contributed by atoms with E-state index in [9.17, 15) is 4.79 Å². The lowest BCUT2D eigenvalue weighted by Gasteiger charge is -2.27. The lowest BCUT2D eigenvalue weighted by molar-refractivity contribution is -0.124. The van der Waals surface area contributed by atoms with Gasteiger partial charge >= 0.3 is 0 Å². The molecule has 0 saturated heterocycles. The van der Waals surface area contributed by atoms with Gasteiger partial charge < -0.3 is 20.5 Å². The second-order valence-electron chi connectivity index (χ2n) is 5.95. The number of nitrogens with one attached hydrogen (secondary N) is 1. The Kier molecular flexibility index (Phi) is 8.22. The summed E-state index contributed by atoms with van der Waals surface area (Å²) in [4.78, 5) is 11.5. The minimum absolute atomic E-state index is 0.145. The van der Waals surface area contributed by atoms with E-state index in [2.05, 4.69) is 12.2 Å². The zero-order valence-corrected chi connectivity index (χ0v) is 13.0. The molecule has 0 radical (unpaired) electrons. The number of carbonyl (C=O) groups excluding carboxylic acids is 1. The van der Waals surface area contributed by atoms with Crippen molar-refractivity contribution in [2.45, 2.75) is 58.6 Å². The highest BCUT2D eigenvalue weighted by molar-refractivity contribution is 5.84. The Balaban J connectivity index is 3.85. The van der Waals surface area contributed by atoms with Gasteiger partial charge in [-0.2, -0.15) is 0 Å². The monoisotopic (exact) mass is 274 g/mol. The highest BCUT2D eigenvalue weighted by Gasteiger charge is 2.29. The van der Waals surface area contributed by atoms with Gasteiger partial charge in [-0.25, -0.2) is 0 Å². The van der Waals surface area contributed by atoms with E-state index < -0.39 is 5.54 Å². The molecule has 0 aromatic carbocycles. The first-order chi connectivity index (χ1) is 8.71. The Labute approximate surface area is 117 Å². The van der Waals surface area contributed by atoms with Crippen molar-refractivity contribution in [3.8, 4) is 0 Å². The van der Waals surface area contributed by atoms with Gasteiger partial charge in [0.05, 0.1) is 24.4 Å². The van der Waals surface area contributed by atoms with Crippen LogP contribution in [0.2, 0.25) is 0 Å². The van der Waals surface area contributed by atoms with Crippen molar-refractivity contribution in [3.05, 3.63) is 0 Å². The quantitative estimate of drug-likeness (QED) is 0.591. The third kappa shape index (κ3) is 8.97. The van der Waals surface area contributed by atoms with Gasteiger partial charge in [0, 0.05) is 6.61 Å². The average molecular weight is 274 g/mol. The normalized spacial score (nSPS) is 15.2. The van der Waals surface area contributed by atoms with Crippen LogP contribution in [0.5, 0.6) is 0 Å². The number of primary amides is 1. The molecule has 0 fully saturated rings. The molecule has 0 rings (SSSR count). The standard InChI is InChI=1S/C14H30N2O3/c1-6-8-16-14(5,12(15)17)7-9-18-10-11-19-13(2,3)4/h16H,6-11H2,1-5H3,(H2,15,17). The minimum Gasteiger partial charge on any atom is -0.379 e. The highest BCUT2D eigenvalue weighted by atomic mass is 16.5. The number of hydrogen-bond acceptors (Lipinski definition) is 4. The predicted molar refractivity (Wildman–Crippen MR) is 77.0 cm³/mol. The Morgan fingerprint density at radius 1 is 1.16 bits per heavy atom. The molecule has 0 aliphatic rings. The maximum Gasteiger partial charge on any atom is 0.237 e. The molecule has 0 aromatic rings. The molecular weight excluding hydrogens is 244 g/mol. The third-order valence-electron chi connectivity index (χ3n) is 2.82. The van der Waals surface area contributed by atoms with Gasteiger partial charge in [0.25, 0.3) is 0 Å². The average Bonchev–Trinajstić information content (AvgIpc) is 2.29. The summed E-state index contributed by atoms with van der Waals surface area (Å²) in [5.74, 6) is -0.338. The summed E-state index contributed by atoms with van der Waals surface area (Å²) in [6, 6.07) is 0. The maximum absolute atomic E-state index is 11.5. The molecule has 19 heavy (non-hydrogen) atoms. The molecule has 0 saturated carbocycles. The number of rotatable bonds is 10. The molecule has 0 bridgehead atoms. The number of nitrogens with two attached hydrogens (primary N) is 1. The van der Waals surface area contributed by atoms with Crippen LogP contribution in [0.3, 0.4) is 0 Å². The first-order valence-corrected chi connectivity index (χ1v) is 6.98. The first kappa shape index (κ1) is 18.4. The van der Waals surface area contributed by atoms with Gasteiger partial charge in [-0.15, -0.1) is 0 Å². The van der Waals surface area contributed by atoms with Crippen molar-refractivity contribution in [2.75, 3.05) is 26.4 Å². The van der Waals surface area contributed by atoms with E-state index in [1.165, 1.54) is 0 Å². The molecular formula is C14H30N2O3. The SMILES string of the molecule is CCCNC(C)(CCOCCOC(C)(C)C)C(N)=O. The minimum atomic E-state index is -0.694. The molecule has 1 unspecified atom stereocenters. The summed E-state index contributed by atoms with van der Waals surface area (Å²) < 4.78 is 11.0. The predicted octanol–water partition coefficient (Wildman–Crippen LogP) is 1.45. The third-order valence-corrected chi connectivity index (χ3v) is 2.82. The lowest BCUT2D eigenvalue weighted by atomic mass is 9.97. The fraction of sp³-hybridized carbons (Fsp3) is 0.929. The van der Waals surface area contributed by atoms with Crippen LogP contribution in [0, 0.1) is 0 Å². The summed E-state index contributed by atoms with van der Waals surface area (Å²) >= 11 is 0. The molecule has 1 atom stereocenters. The topological polar surface area (TPSA) is 73.6 Å². The van der Waals surface area contributed by atoms with Crippen LogP contribution >= 0.6 is 0 Å². The Morgan fingerprint density at radius 3 is 2.26 bits per heavy atom. The van der Waals surface area contributed by atoms with Gasteiger partial charge in [0.15, 0.2) is 0 Å². The van der Waals surface area contributed by atoms with Gasteiger partial charge in [-0.3, -0.25) is 4.79 Å². The molecule has 0 aliphatic carbocycles. The van der Waals surface area contributed by atoms with E-state index in [4.69, 9.17) is 15.2 Å². The molecule has 114 valence electrons. The molecule has 0 heterocycles. The molecule has 5 nitrogen and oxygen atoms in total. The molecule has 0 aliphatic heterocycles. The van der Waals surface area contributed by atoms with Gasteiger partial charge in [0.2, 0.25) is 5.91 Å². The molecule has 1 amide bonds. The smallest absolute Gasteiger partial charge is 0.237 e. The van der Waals surface area contributed by atoms with Crippen LogP contribution in [-0.2, 0) is 14.3 Å². The van der Waals surface area contributed by atoms with Crippen molar-refractivity contribution in [1.29, 1.82) is 0 Å². The number of ether oxygens (including phenoxy) is 2. The molecule has 0 aromatic heterocycles. The van der Waals surface area contributed by atoms with Crippen molar-refractivity contribution in [2.24, 2.45) is 5.73 Å². The fourth-order valence-corrected chi connectivity index (χ4v) is 1.48. The Morgan fingerprint density at radius 2 is 1.79 bits per heavy atom. The van der Waals surface area contributed by atoms with Crippen LogP contribution < -0.4 is 11.1 Å². The van der Waals surface area contributed by atoms with Gasteiger partial charge in [0.1, 0.15) is 0 Å². The van der Waals surface area contributed by atoms with E-state index in [0.29, 0.717) is 26.2 Å². The van der Waals surface area contributed by atoms with Crippen LogP contribution in [0.4, 0.5) is 0 Å². The lowest BCUT2D eigenvalue weighted by Crippen LogP contribution is -2.54. The van der Waals surface area contributed by atoms with Crippen molar-refractivity contribution < 1.29 is 14.3 Å². The summed E-state index contributed by atoms with van der Waals surface area (Å²) in [7, 11) is 0. The number of carbonyl (C=O) groups is 1. The zero-order valence-electron chi connectivity index (χ0n) is 13.0. The van der Waals surface area contributed by atoms with Gasteiger partial charge in [-0.1, -0.05) is 6.92 Å². The fourth-order valence-electron chi connectivity index (χ4n) is 1.48. The number of hydrogen-bond donors (Lipinski definition) is 2. The maximum atomic E-state index is 11.5. The second kappa shape index (κ2) is 8.51. The van der Waals surface area contributed by atoms with Crippen molar-refractivity contribution >= 4 is 5.91 Å². The molecule has 3 N–H and O–H groups in total. The van der Waals surface area contributed by atoms with Crippen LogP contribution in [-0.4, -0.2) is 43.4 Å². The molecule has 0 spiro atoms. The molecule has 5 heteroatoms. The largest absolute Gasteiger partial charge is 0.379 e. The van der Waals surface area contributed by atoms with Crippen LogP contribution in [0.1, 0.15) is 47.5 Å². The van der Waals surface area contributed by atoms with Gasteiger partial charge in [-0.05, 0) is 47.1 Å². The van der Waals surface area contributed by atoms with E-state index >= 15 is 0 Å². The Bertz CT molecular complexity index is 264. The van der Waals surface area contributed by atoms with E-state index in [1.54, 1.807) is 0 Å². The Hall–Kier alpha value is -0.650. The summed E-state index contributed by atoms with van der Waals surface area (Å²) in [6.07, 6.45) is 1.53. The first-order valence-electron chi connectivity index (χ1n) is 6.98. The zero-order chi connectivity index (χ0) is 14.9. The highest BCUT2D eigenvalue weighted by Crippen LogP contribution is 2.10. The van der Waals surface area contributed by atoms with Crippen molar-refractivity contribution in [3.63, 3.8) is 0 Å².